The van der Waals surface area contributed by atoms with Crippen LogP contribution in [0.1, 0.15) is 31.4 Å². The Hall–Kier alpha value is -1.31. The van der Waals surface area contributed by atoms with E-state index in [1.807, 2.05) is 0 Å². The summed E-state index contributed by atoms with van der Waals surface area (Å²) in [6, 6.07) is 10.9. The summed E-state index contributed by atoms with van der Waals surface area (Å²) in [4.78, 5) is 3.36. The van der Waals surface area contributed by atoms with E-state index in [2.05, 4.69) is 47.6 Å². The Labute approximate surface area is 85.1 Å². The van der Waals surface area contributed by atoms with E-state index in [1.165, 1.54) is 17.8 Å². The number of benzene rings is 1. The van der Waals surface area contributed by atoms with Gasteiger partial charge in [-0.2, -0.15) is 0 Å². The van der Waals surface area contributed by atoms with E-state index in [0.29, 0.717) is 6.04 Å². The second-order valence-electron chi connectivity index (χ2n) is 3.79. The van der Waals surface area contributed by atoms with Crippen molar-refractivity contribution in [2.45, 2.75) is 25.8 Å². The van der Waals surface area contributed by atoms with Gasteiger partial charge < -0.3 is 0 Å². The number of hydrogen-bond acceptors (Lipinski definition) is 1. The lowest BCUT2D eigenvalue weighted by molar-refractivity contribution is -0.449. The van der Waals surface area contributed by atoms with Crippen LogP contribution in [-0.4, -0.2) is 12.4 Å². The van der Waals surface area contributed by atoms with E-state index in [-0.39, 0.29) is 0 Å². The summed E-state index contributed by atoms with van der Waals surface area (Å²) in [5, 5.41) is 3.50. The molecule has 0 unspecified atom stereocenters. The lowest BCUT2D eigenvalue weighted by Gasteiger charge is -2.08. The standard InChI is InChI=1S/C12H16N2/c1-10(11-6-3-2-4-7-11)14-12-8-5-9-13-12/h2-4,6-7,10H,5,8-9H2,1H3,(H,13,14)/p+1/t10-/m1/s1. The molecule has 2 heteroatoms. The predicted molar refractivity (Wildman–Crippen MR) is 58.1 cm³/mol. The van der Waals surface area contributed by atoms with Gasteiger partial charge in [0.15, 0.2) is 0 Å². The molecule has 0 aliphatic carbocycles. The molecule has 1 heterocycles. The summed E-state index contributed by atoms with van der Waals surface area (Å²) in [5.74, 6) is 1.29. The number of rotatable bonds is 2. The maximum absolute atomic E-state index is 3.50. The van der Waals surface area contributed by atoms with Crippen molar-refractivity contribution in [3.05, 3.63) is 35.9 Å². The number of hydrogen-bond donors (Lipinski definition) is 2. The summed E-state index contributed by atoms with van der Waals surface area (Å²) in [6.45, 7) is 3.31. The van der Waals surface area contributed by atoms with Crippen molar-refractivity contribution < 1.29 is 4.99 Å². The van der Waals surface area contributed by atoms with Crippen LogP contribution in [0.5, 0.6) is 0 Å². The molecule has 1 aliphatic rings. The van der Waals surface area contributed by atoms with Crippen molar-refractivity contribution in [2.75, 3.05) is 6.54 Å². The fourth-order valence-electron chi connectivity index (χ4n) is 1.80. The topological polar surface area (TPSA) is 26.0 Å². The maximum atomic E-state index is 3.50. The van der Waals surface area contributed by atoms with Crippen molar-refractivity contribution >= 4 is 5.84 Å². The van der Waals surface area contributed by atoms with Crippen LogP contribution in [0.25, 0.3) is 0 Å². The SMILES string of the molecule is C[C@@H](NC1=[NH+]CCC1)c1ccccc1. The second kappa shape index (κ2) is 4.27. The van der Waals surface area contributed by atoms with Crippen LogP contribution in [0.2, 0.25) is 0 Å². The predicted octanol–water partition coefficient (Wildman–Crippen LogP) is 0.610. The van der Waals surface area contributed by atoms with Gasteiger partial charge in [0.1, 0.15) is 6.04 Å². The van der Waals surface area contributed by atoms with Gasteiger partial charge in [-0.1, -0.05) is 30.3 Å². The highest BCUT2D eigenvalue weighted by Gasteiger charge is 2.16. The minimum absolute atomic E-state index is 0.400. The van der Waals surface area contributed by atoms with Crippen LogP contribution >= 0.6 is 0 Å². The number of nitrogens with one attached hydrogen (secondary N) is 2. The molecule has 0 spiro atoms. The Balaban J connectivity index is 1.99. The molecule has 1 aliphatic heterocycles. The Kier molecular flexibility index (Phi) is 2.82. The highest BCUT2D eigenvalue weighted by Crippen LogP contribution is 2.11. The quantitative estimate of drug-likeness (QED) is 0.700. The summed E-state index contributed by atoms with van der Waals surface area (Å²) >= 11 is 0. The van der Waals surface area contributed by atoms with Crippen molar-refractivity contribution in [2.24, 2.45) is 0 Å². The van der Waals surface area contributed by atoms with Gasteiger partial charge in [0.25, 0.3) is 0 Å². The van der Waals surface area contributed by atoms with E-state index >= 15 is 0 Å². The van der Waals surface area contributed by atoms with Crippen LogP contribution in [0, 0.1) is 0 Å². The minimum atomic E-state index is 0.400. The molecule has 2 rings (SSSR count). The van der Waals surface area contributed by atoms with E-state index in [4.69, 9.17) is 0 Å². The first-order valence-electron chi connectivity index (χ1n) is 5.27. The summed E-state index contributed by atoms with van der Waals surface area (Å²) in [6.07, 6.45) is 2.42. The van der Waals surface area contributed by atoms with E-state index < -0.39 is 0 Å². The molecule has 2 nitrogen and oxygen atoms in total. The zero-order valence-corrected chi connectivity index (χ0v) is 8.59. The van der Waals surface area contributed by atoms with Gasteiger partial charge in [-0.25, -0.2) is 0 Å². The van der Waals surface area contributed by atoms with E-state index in [0.717, 1.165) is 13.0 Å². The van der Waals surface area contributed by atoms with Crippen molar-refractivity contribution in [3.8, 4) is 0 Å². The normalized spacial score (nSPS) is 17.6. The van der Waals surface area contributed by atoms with Crippen LogP contribution in [0.4, 0.5) is 0 Å². The first kappa shape index (κ1) is 9.25. The van der Waals surface area contributed by atoms with Crippen molar-refractivity contribution in [3.63, 3.8) is 0 Å². The number of amidine groups is 1. The zero-order valence-electron chi connectivity index (χ0n) is 8.59. The largest absolute Gasteiger partial charge is 0.279 e. The fourth-order valence-corrected chi connectivity index (χ4v) is 1.80. The van der Waals surface area contributed by atoms with Crippen LogP contribution < -0.4 is 10.3 Å². The van der Waals surface area contributed by atoms with E-state index in [1.54, 1.807) is 0 Å². The molecule has 0 saturated heterocycles. The summed E-state index contributed by atoms with van der Waals surface area (Å²) in [7, 11) is 0. The lowest BCUT2D eigenvalue weighted by Crippen LogP contribution is -2.72. The van der Waals surface area contributed by atoms with Gasteiger partial charge in [-0.15, -0.1) is 0 Å². The van der Waals surface area contributed by atoms with Crippen LogP contribution in [-0.2, 0) is 0 Å². The van der Waals surface area contributed by atoms with Gasteiger partial charge in [-0.3, -0.25) is 10.3 Å². The average molecular weight is 189 g/mol. The highest BCUT2D eigenvalue weighted by molar-refractivity contribution is 5.77. The highest BCUT2D eigenvalue weighted by atomic mass is 15.0. The van der Waals surface area contributed by atoms with Gasteiger partial charge in [0.2, 0.25) is 5.84 Å². The Morgan fingerprint density at radius 3 is 2.71 bits per heavy atom. The van der Waals surface area contributed by atoms with Gasteiger partial charge in [-0.05, 0) is 18.9 Å². The second-order valence-corrected chi connectivity index (χ2v) is 3.79. The Morgan fingerprint density at radius 2 is 2.07 bits per heavy atom. The molecular formula is C12H17N2+. The Bertz CT molecular complexity index is 316. The maximum Gasteiger partial charge on any atom is 0.243 e. The molecule has 0 fully saturated rings. The first-order valence-corrected chi connectivity index (χ1v) is 5.27. The van der Waals surface area contributed by atoms with Gasteiger partial charge >= 0.3 is 0 Å². The fraction of sp³-hybridized carbons (Fsp3) is 0.417. The molecule has 0 radical (unpaired) electrons. The Morgan fingerprint density at radius 1 is 1.29 bits per heavy atom. The molecule has 14 heavy (non-hydrogen) atoms. The molecule has 1 aromatic carbocycles. The smallest absolute Gasteiger partial charge is 0.243 e. The molecule has 0 aromatic heterocycles. The third kappa shape index (κ3) is 2.13. The first-order chi connectivity index (χ1) is 6.86. The summed E-state index contributed by atoms with van der Waals surface area (Å²) in [5.41, 5.74) is 1.34. The lowest BCUT2D eigenvalue weighted by atomic mass is 10.1. The third-order valence-corrected chi connectivity index (χ3v) is 2.63. The minimum Gasteiger partial charge on any atom is -0.279 e. The molecule has 74 valence electrons. The molecule has 0 bridgehead atoms. The van der Waals surface area contributed by atoms with Crippen LogP contribution in [0.3, 0.4) is 0 Å². The molecular weight excluding hydrogens is 172 g/mol. The zero-order chi connectivity index (χ0) is 9.80. The van der Waals surface area contributed by atoms with Crippen LogP contribution in [0.15, 0.2) is 30.3 Å². The van der Waals surface area contributed by atoms with Gasteiger partial charge in [0, 0.05) is 0 Å². The molecule has 1 aromatic rings. The van der Waals surface area contributed by atoms with E-state index in [9.17, 15) is 0 Å². The average Bonchev–Trinajstić information content (AvgIpc) is 2.72. The summed E-state index contributed by atoms with van der Waals surface area (Å²) < 4.78 is 0. The molecule has 1 atom stereocenters. The van der Waals surface area contributed by atoms with Crippen molar-refractivity contribution in [1.82, 2.24) is 5.32 Å². The molecule has 2 N–H and O–H groups in total. The van der Waals surface area contributed by atoms with Crippen molar-refractivity contribution in [1.29, 1.82) is 0 Å². The third-order valence-electron chi connectivity index (χ3n) is 2.63. The molecule has 0 saturated carbocycles. The monoisotopic (exact) mass is 189 g/mol. The van der Waals surface area contributed by atoms with Gasteiger partial charge in [0.05, 0.1) is 13.0 Å². The molecule has 0 amide bonds.